The zero-order valence-electron chi connectivity index (χ0n) is 10.8. The zero-order valence-corrected chi connectivity index (χ0v) is 10.8. The Morgan fingerprint density at radius 2 is 2.22 bits per heavy atom. The number of hydrogen-bond acceptors (Lipinski definition) is 5. The molecule has 0 fully saturated rings. The van der Waals surface area contributed by atoms with E-state index in [9.17, 15) is 4.79 Å². The normalized spacial score (nSPS) is 11.5. The Bertz CT molecular complexity index is 454. The third kappa shape index (κ3) is 4.18. The fraction of sp³-hybridized carbons (Fsp3) is 0.583. The molecule has 0 spiro atoms. The maximum absolute atomic E-state index is 10.7. The van der Waals surface area contributed by atoms with Gasteiger partial charge in [0.05, 0.1) is 19.6 Å². The van der Waals surface area contributed by atoms with Crippen LogP contribution in [0.25, 0.3) is 0 Å². The zero-order chi connectivity index (χ0) is 13.8. The Balaban J connectivity index is 2.73. The molecule has 0 aliphatic rings. The monoisotopic (exact) mass is 251 g/mol. The Kier molecular flexibility index (Phi) is 4.45. The van der Waals surface area contributed by atoms with Gasteiger partial charge >= 0.3 is 5.97 Å². The number of nitrogens with zero attached hydrogens (tertiary/aromatic N) is 3. The van der Waals surface area contributed by atoms with Gasteiger partial charge in [-0.15, -0.1) is 6.42 Å². The van der Waals surface area contributed by atoms with E-state index in [1.54, 1.807) is 4.90 Å². The van der Waals surface area contributed by atoms with E-state index in [1.807, 2.05) is 20.8 Å². The molecule has 0 aromatic carbocycles. The average Bonchev–Trinajstić information content (AvgIpc) is 2.64. The smallest absolute Gasteiger partial charge is 0.317 e. The highest BCUT2D eigenvalue weighted by Crippen LogP contribution is 2.18. The molecule has 0 radical (unpaired) electrons. The van der Waals surface area contributed by atoms with Crippen molar-refractivity contribution in [1.82, 2.24) is 15.0 Å². The van der Waals surface area contributed by atoms with Crippen molar-refractivity contribution in [3.05, 3.63) is 11.7 Å². The number of carboxylic acids is 1. The fourth-order valence-electron chi connectivity index (χ4n) is 1.30. The summed E-state index contributed by atoms with van der Waals surface area (Å²) >= 11 is 0. The summed E-state index contributed by atoms with van der Waals surface area (Å²) in [6.07, 6.45) is 5.18. The Morgan fingerprint density at radius 3 is 2.67 bits per heavy atom. The predicted molar refractivity (Wildman–Crippen MR) is 64.7 cm³/mol. The molecule has 1 heterocycles. The third-order valence-corrected chi connectivity index (χ3v) is 2.17. The summed E-state index contributed by atoms with van der Waals surface area (Å²) in [7, 11) is 0. The molecule has 0 aliphatic carbocycles. The van der Waals surface area contributed by atoms with E-state index in [4.69, 9.17) is 16.1 Å². The van der Waals surface area contributed by atoms with Gasteiger partial charge in [0.1, 0.15) is 0 Å². The van der Waals surface area contributed by atoms with E-state index < -0.39 is 5.97 Å². The molecule has 1 rings (SSSR count). The van der Waals surface area contributed by atoms with Gasteiger partial charge in [0.2, 0.25) is 5.89 Å². The summed E-state index contributed by atoms with van der Waals surface area (Å²) in [5.41, 5.74) is -0.203. The third-order valence-electron chi connectivity index (χ3n) is 2.17. The molecule has 0 atom stereocenters. The number of rotatable bonds is 5. The highest BCUT2D eigenvalue weighted by atomic mass is 16.5. The molecule has 1 N–H and O–H groups in total. The van der Waals surface area contributed by atoms with Crippen molar-refractivity contribution in [2.24, 2.45) is 0 Å². The van der Waals surface area contributed by atoms with Gasteiger partial charge in [0, 0.05) is 5.41 Å². The highest BCUT2D eigenvalue weighted by molar-refractivity contribution is 5.69. The lowest BCUT2D eigenvalue weighted by Crippen LogP contribution is -2.29. The van der Waals surface area contributed by atoms with Crippen molar-refractivity contribution >= 4 is 5.97 Å². The summed E-state index contributed by atoms with van der Waals surface area (Å²) in [4.78, 5) is 16.4. The molecular formula is C12H17N3O3. The Hall–Kier alpha value is -1.87. The first kappa shape index (κ1) is 14.2. The van der Waals surface area contributed by atoms with Crippen molar-refractivity contribution < 1.29 is 14.4 Å². The van der Waals surface area contributed by atoms with Crippen LogP contribution in [-0.2, 0) is 16.8 Å². The number of terminal acetylenes is 1. The van der Waals surface area contributed by atoms with E-state index in [0.29, 0.717) is 11.7 Å². The average molecular weight is 251 g/mol. The number of aromatic nitrogens is 2. The van der Waals surface area contributed by atoms with Gasteiger partial charge in [-0.1, -0.05) is 31.8 Å². The fourth-order valence-corrected chi connectivity index (χ4v) is 1.30. The van der Waals surface area contributed by atoms with Crippen LogP contribution in [0.5, 0.6) is 0 Å². The molecule has 0 saturated heterocycles. The van der Waals surface area contributed by atoms with Gasteiger partial charge in [-0.3, -0.25) is 9.69 Å². The Labute approximate surface area is 106 Å². The Morgan fingerprint density at radius 1 is 1.56 bits per heavy atom. The largest absolute Gasteiger partial charge is 0.480 e. The van der Waals surface area contributed by atoms with Crippen LogP contribution >= 0.6 is 0 Å². The molecule has 6 nitrogen and oxygen atoms in total. The lowest BCUT2D eigenvalue weighted by Gasteiger charge is -2.14. The summed E-state index contributed by atoms with van der Waals surface area (Å²) in [5, 5.41) is 12.6. The van der Waals surface area contributed by atoms with E-state index in [1.165, 1.54) is 0 Å². The van der Waals surface area contributed by atoms with Gasteiger partial charge in [-0.2, -0.15) is 4.98 Å². The van der Waals surface area contributed by atoms with E-state index in [2.05, 4.69) is 16.1 Å². The van der Waals surface area contributed by atoms with Gasteiger partial charge in [0.25, 0.3) is 0 Å². The van der Waals surface area contributed by atoms with Crippen molar-refractivity contribution in [2.45, 2.75) is 32.7 Å². The number of carboxylic acid groups (broad SMARTS) is 1. The van der Waals surface area contributed by atoms with Crippen LogP contribution in [0.1, 0.15) is 32.5 Å². The maximum Gasteiger partial charge on any atom is 0.317 e. The first-order valence-corrected chi connectivity index (χ1v) is 5.53. The molecular weight excluding hydrogens is 234 g/mol. The van der Waals surface area contributed by atoms with Crippen molar-refractivity contribution in [2.75, 3.05) is 13.1 Å². The molecule has 0 saturated carbocycles. The predicted octanol–water partition coefficient (Wildman–Crippen LogP) is 0.887. The highest BCUT2D eigenvalue weighted by Gasteiger charge is 2.22. The van der Waals surface area contributed by atoms with Crippen LogP contribution in [0.2, 0.25) is 0 Å². The SMILES string of the molecule is C#CCN(CC(=O)O)Cc1nc(C(C)(C)C)no1. The summed E-state index contributed by atoms with van der Waals surface area (Å²) in [6.45, 7) is 6.21. The van der Waals surface area contributed by atoms with E-state index >= 15 is 0 Å². The first-order chi connectivity index (χ1) is 8.32. The van der Waals surface area contributed by atoms with Gasteiger partial charge in [-0.25, -0.2) is 0 Å². The molecule has 1 aromatic rings. The molecule has 0 amide bonds. The summed E-state index contributed by atoms with van der Waals surface area (Å²) < 4.78 is 5.09. The van der Waals surface area contributed by atoms with E-state index in [-0.39, 0.29) is 25.0 Å². The van der Waals surface area contributed by atoms with Crippen molar-refractivity contribution in [1.29, 1.82) is 0 Å². The summed E-state index contributed by atoms with van der Waals surface area (Å²) in [5.74, 6) is 2.42. The first-order valence-electron chi connectivity index (χ1n) is 5.53. The molecule has 0 aliphatic heterocycles. The molecule has 18 heavy (non-hydrogen) atoms. The minimum atomic E-state index is -0.944. The van der Waals surface area contributed by atoms with Crippen LogP contribution in [-0.4, -0.2) is 39.2 Å². The minimum Gasteiger partial charge on any atom is -0.480 e. The van der Waals surface area contributed by atoms with Crippen LogP contribution in [0.3, 0.4) is 0 Å². The van der Waals surface area contributed by atoms with Gasteiger partial charge < -0.3 is 9.63 Å². The second-order valence-electron chi connectivity index (χ2n) is 5.00. The van der Waals surface area contributed by atoms with Crippen molar-refractivity contribution in [3.8, 4) is 12.3 Å². The van der Waals surface area contributed by atoms with Crippen LogP contribution < -0.4 is 0 Å². The standard InChI is InChI=1S/C12H17N3O3/c1-5-6-15(8-10(16)17)7-9-13-11(14-18-9)12(2,3)4/h1H,6-8H2,2-4H3,(H,16,17). The van der Waals surface area contributed by atoms with Crippen molar-refractivity contribution in [3.63, 3.8) is 0 Å². The van der Waals surface area contributed by atoms with Crippen LogP contribution in [0, 0.1) is 12.3 Å². The quantitative estimate of drug-likeness (QED) is 0.783. The number of carbonyl (C=O) groups is 1. The number of aliphatic carboxylic acids is 1. The molecule has 0 bridgehead atoms. The maximum atomic E-state index is 10.7. The number of hydrogen-bond donors (Lipinski definition) is 1. The lowest BCUT2D eigenvalue weighted by atomic mass is 9.96. The molecule has 6 heteroatoms. The molecule has 1 aromatic heterocycles. The minimum absolute atomic E-state index is 0.155. The topological polar surface area (TPSA) is 79.5 Å². The lowest BCUT2D eigenvalue weighted by molar-refractivity contribution is -0.138. The molecule has 98 valence electrons. The van der Waals surface area contributed by atoms with Gasteiger partial charge in [0.15, 0.2) is 5.82 Å². The second-order valence-corrected chi connectivity index (χ2v) is 5.00. The van der Waals surface area contributed by atoms with Crippen LogP contribution in [0.15, 0.2) is 4.52 Å². The molecule has 0 unspecified atom stereocenters. The second kappa shape index (κ2) is 5.65. The van der Waals surface area contributed by atoms with E-state index in [0.717, 1.165) is 0 Å². The van der Waals surface area contributed by atoms with Crippen LogP contribution in [0.4, 0.5) is 0 Å². The van der Waals surface area contributed by atoms with Gasteiger partial charge in [-0.05, 0) is 0 Å². The summed E-state index contributed by atoms with van der Waals surface area (Å²) in [6, 6.07) is 0.